The maximum atomic E-state index is 12.5. The van der Waals surface area contributed by atoms with Gasteiger partial charge < -0.3 is 11.1 Å². The van der Waals surface area contributed by atoms with E-state index in [-0.39, 0.29) is 18.0 Å². The molecule has 1 fully saturated rings. The Morgan fingerprint density at radius 1 is 1.26 bits per heavy atom. The van der Waals surface area contributed by atoms with Crippen molar-refractivity contribution >= 4 is 17.2 Å². The zero-order chi connectivity index (χ0) is 18.6. The van der Waals surface area contributed by atoms with Gasteiger partial charge in [-0.05, 0) is 47.8 Å². The van der Waals surface area contributed by atoms with Crippen LogP contribution in [0.2, 0.25) is 0 Å². The fraction of sp³-hybridized carbons (Fsp3) is 0.500. The minimum atomic E-state index is 0.145. The summed E-state index contributed by atoms with van der Waals surface area (Å²) in [6, 6.07) is 13.2. The van der Waals surface area contributed by atoms with Crippen LogP contribution in [-0.4, -0.2) is 29.9 Å². The number of fused-ring (bicyclic) bond motifs is 1. The number of carbonyl (C=O) groups is 1. The molecular weight excluding hydrogens is 354 g/mol. The van der Waals surface area contributed by atoms with Gasteiger partial charge in [0.2, 0.25) is 5.91 Å². The molecule has 0 spiro atoms. The maximum Gasteiger partial charge on any atom is 0.220 e. The van der Waals surface area contributed by atoms with Crippen LogP contribution in [0.4, 0.5) is 0 Å². The molecule has 1 aromatic heterocycles. The number of nitrogens with one attached hydrogen (secondary N) is 1. The molecule has 1 saturated carbocycles. The van der Waals surface area contributed by atoms with Crippen molar-refractivity contribution in [2.24, 2.45) is 11.7 Å². The lowest BCUT2D eigenvalue weighted by atomic mass is 9.99. The summed E-state index contributed by atoms with van der Waals surface area (Å²) >= 11 is 1.86. The smallest absolute Gasteiger partial charge is 0.220 e. The Bertz CT molecular complexity index is 760. The van der Waals surface area contributed by atoms with Crippen LogP contribution >= 0.6 is 11.3 Å². The van der Waals surface area contributed by atoms with Crippen molar-refractivity contribution in [3.05, 3.63) is 57.8 Å². The van der Waals surface area contributed by atoms with E-state index < -0.39 is 0 Å². The molecule has 3 N–H and O–H groups in total. The predicted molar refractivity (Wildman–Crippen MR) is 111 cm³/mol. The topological polar surface area (TPSA) is 58.4 Å². The Morgan fingerprint density at radius 2 is 2.11 bits per heavy atom. The second kappa shape index (κ2) is 8.55. The van der Waals surface area contributed by atoms with Gasteiger partial charge in [0.15, 0.2) is 0 Å². The second-order valence-electron chi connectivity index (χ2n) is 7.88. The third-order valence-electron chi connectivity index (χ3n) is 6.12. The van der Waals surface area contributed by atoms with Crippen molar-refractivity contribution in [1.82, 2.24) is 10.2 Å². The fourth-order valence-electron chi connectivity index (χ4n) is 4.51. The molecule has 1 aromatic carbocycles. The third-order valence-corrected chi connectivity index (χ3v) is 7.14. The number of nitrogens with two attached hydrogens (primary N) is 1. The Labute approximate surface area is 165 Å². The lowest BCUT2D eigenvalue weighted by molar-refractivity contribution is -0.122. The zero-order valence-electron chi connectivity index (χ0n) is 15.8. The van der Waals surface area contributed by atoms with E-state index in [1.807, 2.05) is 17.4 Å². The van der Waals surface area contributed by atoms with E-state index in [1.165, 1.54) is 16.0 Å². The molecule has 2 aliphatic rings. The molecule has 1 unspecified atom stereocenters. The highest BCUT2D eigenvalue weighted by molar-refractivity contribution is 7.10. The normalized spacial score (nSPS) is 23.7. The average Bonchev–Trinajstić information content (AvgIpc) is 3.31. The van der Waals surface area contributed by atoms with Gasteiger partial charge in [-0.15, -0.1) is 11.3 Å². The molecule has 3 atom stereocenters. The van der Waals surface area contributed by atoms with Crippen molar-refractivity contribution < 1.29 is 4.79 Å². The Kier molecular flexibility index (Phi) is 5.91. The lowest BCUT2D eigenvalue weighted by Gasteiger charge is -2.35. The number of nitrogens with zero attached hydrogens (tertiary/aromatic N) is 1. The Morgan fingerprint density at radius 3 is 2.89 bits per heavy atom. The number of amides is 1. The minimum Gasteiger partial charge on any atom is -0.354 e. The van der Waals surface area contributed by atoms with Crippen molar-refractivity contribution in [2.45, 2.75) is 50.7 Å². The highest BCUT2D eigenvalue weighted by atomic mass is 32.1. The molecule has 2 aromatic rings. The second-order valence-corrected chi connectivity index (χ2v) is 8.88. The standard InChI is InChI=1S/C22H29N3OS/c23-19-8-4-7-17(19)13-22(26)24-14-20(16-5-2-1-3-6-16)25-11-9-21-18(15-25)10-12-27-21/h1-3,5-6,10,12,17,19-20H,4,7-9,11,13-15,23H2,(H,24,26)/t17-,19+,20?/m0/s1. The molecule has 4 rings (SSSR count). The molecule has 1 aliphatic heterocycles. The first-order chi connectivity index (χ1) is 13.2. The van der Waals surface area contributed by atoms with Crippen LogP contribution in [0.1, 0.15) is 47.7 Å². The quantitative estimate of drug-likeness (QED) is 0.803. The molecule has 4 nitrogen and oxygen atoms in total. The van der Waals surface area contributed by atoms with Crippen molar-refractivity contribution in [3.8, 4) is 0 Å². The number of carbonyl (C=O) groups excluding carboxylic acids is 1. The number of hydrogen-bond donors (Lipinski definition) is 2. The fourth-order valence-corrected chi connectivity index (χ4v) is 5.40. The first-order valence-corrected chi connectivity index (χ1v) is 10.9. The van der Waals surface area contributed by atoms with E-state index in [9.17, 15) is 4.79 Å². The van der Waals surface area contributed by atoms with Gasteiger partial charge >= 0.3 is 0 Å². The summed E-state index contributed by atoms with van der Waals surface area (Å²) in [4.78, 5) is 16.6. The highest BCUT2D eigenvalue weighted by Gasteiger charge is 2.28. The van der Waals surface area contributed by atoms with E-state index in [0.717, 1.165) is 38.8 Å². The summed E-state index contributed by atoms with van der Waals surface area (Å²) in [6.45, 7) is 2.66. The SMILES string of the molecule is N[C@@H]1CCC[C@H]1CC(=O)NCC(c1ccccc1)N1CCc2sccc2C1. The van der Waals surface area contributed by atoms with Gasteiger partial charge in [0.25, 0.3) is 0 Å². The highest BCUT2D eigenvalue weighted by Crippen LogP contribution is 2.30. The van der Waals surface area contributed by atoms with Crippen molar-refractivity contribution in [1.29, 1.82) is 0 Å². The van der Waals surface area contributed by atoms with Gasteiger partial charge in [0.05, 0.1) is 6.04 Å². The molecule has 0 bridgehead atoms. The first-order valence-electron chi connectivity index (χ1n) is 10.1. The summed E-state index contributed by atoms with van der Waals surface area (Å²) in [5, 5.41) is 5.40. The number of thiophene rings is 1. The molecule has 27 heavy (non-hydrogen) atoms. The zero-order valence-corrected chi connectivity index (χ0v) is 16.6. The van der Waals surface area contributed by atoms with Crippen LogP contribution in [0.15, 0.2) is 41.8 Å². The predicted octanol–water partition coefficient (Wildman–Crippen LogP) is 3.48. The van der Waals surface area contributed by atoms with Crippen LogP contribution in [0, 0.1) is 5.92 Å². The molecule has 1 amide bonds. The number of rotatable bonds is 6. The van der Waals surface area contributed by atoms with Crippen molar-refractivity contribution in [3.63, 3.8) is 0 Å². The van der Waals surface area contributed by atoms with Crippen LogP contribution in [-0.2, 0) is 17.8 Å². The molecule has 5 heteroatoms. The minimum absolute atomic E-state index is 0.145. The summed E-state index contributed by atoms with van der Waals surface area (Å²) in [6.07, 6.45) is 4.96. The molecular formula is C22H29N3OS. The van der Waals surface area contributed by atoms with E-state index in [4.69, 9.17) is 5.73 Å². The van der Waals surface area contributed by atoms with E-state index in [0.29, 0.717) is 18.9 Å². The van der Waals surface area contributed by atoms with Gasteiger partial charge in [0.1, 0.15) is 0 Å². The van der Waals surface area contributed by atoms with Gasteiger partial charge in [-0.2, -0.15) is 0 Å². The summed E-state index contributed by atoms with van der Waals surface area (Å²) in [7, 11) is 0. The maximum absolute atomic E-state index is 12.5. The first kappa shape index (κ1) is 18.7. The van der Waals surface area contributed by atoms with E-state index in [1.54, 1.807) is 0 Å². The molecule has 2 heterocycles. The molecule has 0 saturated heterocycles. The van der Waals surface area contributed by atoms with Crippen molar-refractivity contribution in [2.75, 3.05) is 13.1 Å². The number of benzene rings is 1. The van der Waals surface area contributed by atoms with Crippen LogP contribution in [0.5, 0.6) is 0 Å². The summed E-state index contributed by atoms with van der Waals surface area (Å²) in [5.41, 5.74) is 8.85. The van der Waals surface area contributed by atoms with Crippen LogP contribution in [0.3, 0.4) is 0 Å². The van der Waals surface area contributed by atoms with Crippen LogP contribution < -0.4 is 11.1 Å². The monoisotopic (exact) mass is 383 g/mol. The molecule has 1 aliphatic carbocycles. The average molecular weight is 384 g/mol. The largest absolute Gasteiger partial charge is 0.354 e. The van der Waals surface area contributed by atoms with E-state index in [2.05, 4.69) is 45.9 Å². The van der Waals surface area contributed by atoms with Crippen LogP contribution in [0.25, 0.3) is 0 Å². The molecule has 144 valence electrons. The van der Waals surface area contributed by atoms with Gasteiger partial charge in [-0.25, -0.2) is 0 Å². The van der Waals surface area contributed by atoms with Gasteiger partial charge in [0, 0.05) is 37.0 Å². The van der Waals surface area contributed by atoms with Gasteiger partial charge in [-0.1, -0.05) is 36.8 Å². The lowest BCUT2D eigenvalue weighted by Crippen LogP contribution is -2.41. The van der Waals surface area contributed by atoms with Gasteiger partial charge in [-0.3, -0.25) is 9.69 Å². The Balaban J connectivity index is 1.42. The third kappa shape index (κ3) is 4.42. The van der Waals surface area contributed by atoms with E-state index >= 15 is 0 Å². The summed E-state index contributed by atoms with van der Waals surface area (Å²) in [5.74, 6) is 0.495. The molecule has 0 radical (unpaired) electrons. The Hall–Kier alpha value is -1.69. The number of hydrogen-bond acceptors (Lipinski definition) is 4. The summed E-state index contributed by atoms with van der Waals surface area (Å²) < 4.78 is 0.